The van der Waals surface area contributed by atoms with Crippen molar-refractivity contribution in [2.75, 3.05) is 0 Å². The average Bonchev–Trinajstić information content (AvgIpc) is 3.56. The molecule has 0 N–H and O–H groups in total. The van der Waals surface area contributed by atoms with Crippen LogP contribution in [0.3, 0.4) is 0 Å². The van der Waals surface area contributed by atoms with Crippen molar-refractivity contribution in [1.82, 2.24) is 4.57 Å². The lowest BCUT2D eigenvalue weighted by Crippen LogP contribution is -2.28. The summed E-state index contributed by atoms with van der Waals surface area (Å²) in [5.74, 6) is 1.35. The summed E-state index contributed by atoms with van der Waals surface area (Å²) >= 11 is 1.94. The van der Waals surface area contributed by atoms with Crippen LogP contribution in [0.4, 0.5) is 0 Å². The first-order valence-corrected chi connectivity index (χ1v) is 17.5. The zero-order valence-electron chi connectivity index (χ0n) is 27.1. The second-order valence-corrected chi connectivity index (χ2v) is 15.9. The molecule has 45 heavy (non-hydrogen) atoms. The smallest absolute Gasteiger partial charge is 0.0690 e. The van der Waals surface area contributed by atoms with Crippen molar-refractivity contribution in [2.24, 2.45) is 22.7 Å². The highest BCUT2D eigenvalue weighted by atomic mass is 32.1. The molecule has 8 rings (SSSR count). The van der Waals surface area contributed by atoms with Gasteiger partial charge in [0.2, 0.25) is 0 Å². The Labute approximate surface area is 271 Å². The lowest BCUT2D eigenvalue weighted by molar-refractivity contribution is 0.352. The standard InChI is InChI=1S/C42H42N2S/c1-26-11-6-8-14-36(26)44-37-15-9-7-13-31(37)32-21-35(27(2)19-38(32)44)42(5)18-10-12-30(23-42)29-16-17-39-33(20-29)34-24-41(4,25-43)22-28(3)40(34)45-39/h6-18,20-21,26-28,36H,19,22-24H2,1-5H3. The van der Waals surface area contributed by atoms with Crippen molar-refractivity contribution in [3.8, 4) is 6.07 Å². The maximum absolute atomic E-state index is 9.99. The number of allylic oxidation sites excluding steroid dienone is 9. The van der Waals surface area contributed by atoms with E-state index in [-0.39, 0.29) is 10.8 Å². The monoisotopic (exact) mass is 606 g/mol. The van der Waals surface area contributed by atoms with Gasteiger partial charge in [-0.25, -0.2) is 0 Å². The van der Waals surface area contributed by atoms with E-state index in [1.807, 2.05) is 11.3 Å². The molecule has 0 spiro atoms. The van der Waals surface area contributed by atoms with Gasteiger partial charge in [0.15, 0.2) is 0 Å². The molecule has 2 heterocycles. The zero-order chi connectivity index (χ0) is 31.1. The van der Waals surface area contributed by atoms with Crippen LogP contribution in [0.2, 0.25) is 0 Å². The molecule has 0 amide bonds. The Morgan fingerprint density at radius 3 is 2.58 bits per heavy atom. The highest BCUT2D eigenvalue weighted by Gasteiger charge is 2.38. The molecule has 0 fully saturated rings. The Balaban J connectivity index is 1.17. The first-order valence-electron chi connectivity index (χ1n) is 16.7. The molecular formula is C42H42N2S. The molecule has 4 aliphatic rings. The van der Waals surface area contributed by atoms with E-state index in [4.69, 9.17) is 0 Å². The van der Waals surface area contributed by atoms with Gasteiger partial charge < -0.3 is 4.57 Å². The normalized spacial score (nSPS) is 30.6. The molecule has 0 saturated heterocycles. The van der Waals surface area contributed by atoms with Crippen LogP contribution >= 0.6 is 11.3 Å². The molecule has 0 aliphatic heterocycles. The minimum atomic E-state index is -0.282. The molecule has 6 atom stereocenters. The second-order valence-electron chi connectivity index (χ2n) is 14.8. The number of hydrogen-bond acceptors (Lipinski definition) is 2. The summed E-state index contributed by atoms with van der Waals surface area (Å²) in [6.45, 7) is 11.7. The van der Waals surface area contributed by atoms with Gasteiger partial charge in [-0.3, -0.25) is 0 Å². The highest BCUT2D eigenvalue weighted by molar-refractivity contribution is 7.19. The van der Waals surface area contributed by atoms with E-state index in [0.717, 1.165) is 25.7 Å². The quantitative estimate of drug-likeness (QED) is 0.228. The average molecular weight is 607 g/mol. The van der Waals surface area contributed by atoms with Crippen molar-refractivity contribution in [3.63, 3.8) is 0 Å². The fourth-order valence-corrected chi connectivity index (χ4v) is 10.3. The molecule has 0 bridgehead atoms. The summed E-state index contributed by atoms with van der Waals surface area (Å²) in [6, 6.07) is 19.1. The minimum absolute atomic E-state index is 0.0535. The van der Waals surface area contributed by atoms with E-state index in [1.54, 1.807) is 5.57 Å². The Hall–Kier alpha value is -3.87. The third kappa shape index (κ3) is 4.48. The van der Waals surface area contributed by atoms with Gasteiger partial charge in [-0.05, 0) is 90.6 Å². The Bertz CT molecular complexity index is 2070. The highest BCUT2D eigenvalue weighted by Crippen LogP contribution is 2.52. The fourth-order valence-electron chi connectivity index (χ4n) is 9.06. The van der Waals surface area contributed by atoms with Crippen LogP contribution in [-0.4, -0.2) is 4.57 Å². The molecule has 0 radical (unpaired) electrons. The van der Waals surface area contributed by atoms with E-state index in [9.17, 15) is 5.26 Å². The van der Waals surface area contributed by atoms with Crippen LogP contribution in [0.25, 0.3) is 32.6 Å². The van der Waals surface area contributed by atoms with Crippen molar-refractivity contribution in [2.45, 2.75) is 72.3 Å². The molecule has 4 aliphatic carbocycles. The molecular weight excluding hydrogens is 565 g/mol. The van der Waals surface area contributed by atoms with Gasteiger partial charge >= 0.3 is 0 Å². The van der Waals surface area contributed by atoms with Crippen LogP contribution in [0.1, 0.15) is 86.7 Å². The van der Waals surface area contributed by atoms with Crippen LogP contribution in [-0.2, 0) is 12.8 Å². The van der Waals surface area contributed by atoms with Crippen LogP contribution in [0.5, 0.6) is 0 Å². The van der Waals surface area contributed by atoms with Gasteiger partial charge in [-0.15, -0.1) is 11.3 Å². The first-order chi connectivity index (χ1) is 21.7. The number of fused-ring (bicyclic) bond motifs is 6. The van der Waals surface area contributed by atoms with Gasteiger partial charge in [-0.2, -0.15) is 5.26 Å². The summed E-state index contributed by atoms with van der Waals surface area (Å²) in [5.41, 5.74) is 9.60. The Morgan fingerprint density at radius 2 is 1.76 bits per heavy atom. The lowest BCUT2D eigenvalue weighted by Gasteiger charge is -2.38. The molecule has 2 aromatic heterocycles. The molecule has 4 aromatic rings. The maximum Gasteiger partial charge on any atom is 0.0690 e. The topological polar surface area (TPSA) is 28.7 Å². The van der Waals surface area contributed by atoms with Crippen LogP contribution in [0, 0.1) is 34.0 Å². The molecule has 6 unspecified atom stereocenters. The number of thiophene rings is 1. The molecule has 3 heteroatoms. The molecule has 0 saturated carbocycles. The largest absolute Gasteiger partial charge is 0.336 e. The van der Waals surface area contributed by atoms with E-state index >= 15 is 0 Å². The van der Waals surface area contributed by atoms with Crippen LogP contribution < -0.4 is 0 Å². The molecule has 226 valence electrons. The number of aromatic nitrogens is 1. The van der Waals surface area contributed by atoms with E-state index < -0.39 is 0 Å². The van der Waals surface area contributed by atoms with Crippen molar-refractivity contribution >= 4 is 44.0 Å². The summed E-state index contributed by atoms with van der Waals surface area (Å²) < 4.78 is 4.00. The number of rotatable bonds is 3. The van der Waals surface area contributed by atoms with Gasteiger partial charge in [-0.1, -0.05) is 106 Å². The number of benzene rings is 2. The SMILES string of the molecule is CC1Cc2c(c3ccccc3n2C2C=CC=CC2C)C=C1C1(C)C=CC=C(c2ccc3sc4c(c3c2)CC(C)(C#N)CC4C)C1. The number of para-hydroxylation sites is 1. The Kier molecular flexibility index (Phi) is 6.56. The van der Waals surface area contributed by atoms with Crippen LogP contribution in [0.15, 0.2) is 90.6 Å². The summed E-state index contributed by atoms with van der Waals surface area (Å²) in [4.78, 5) is 1.49. The minimum Gasteiger partial charge on any atom is -0.336 e. The summed E-state index contributed by atoms with van der Waals surface area (Å²) in [5, 5.41) is 12.7. The third-order valence-corrected chi connectivity index (χ3v) is 12.7. The van der Waals surface area contributed by atoms with E-state index in [1.165, 1.54) is 53.8 Å². The Morgan fingerprint density at radius 1 is 0.933 bits per heavy atom. The van der Waals surface area contributed by atoms with Gasteiger partial charge in [0.1, 0.15) is 0 Å². The number of hydrogen-bond donors (Lipinski definition) is 0. The summed E-state index contributed by atoms with van der Waals surface area (Å²) in [7, 11) is 0. The third-order valence-electron chi connectivity index (χ3n) is 11.3. The maximum atomic E-state index is 9.99. The molecule has 2 nitrogen and oxygen atoms in total. The van der Waals surface area contributed by atoms with Gasteiger partial charge in [0.05, 0.1) is 17.5 Å². The predicted octanol–water partition coefficient (Wildman–Crippen LogP) is 11.4. The number of nitrogens with zero attached hydrogens (tertiary/aromatic N) is 2. The van der Waals surface area contributed by atoms with Gasteiger partial charge in [0.25, 0.3) is 0 Å². The van der Waals surface area contributed by atoms with Crippen molar-refractivity contribution in [3.05, 3.63) is 118 Å². The van der Waals surface area contributed by atoms with E-state index in [0.29, 0.717) is 23.8 Å². The summed E-state index contributed by atoms with van der Waals surface area (Å²) in [6.07, 6.45) is 22.6. The predicted molar refractivity (Wildman–Crippen MR) is 191 cm³/mol. The van der Waals surface area contributed by atoms with E-state index in [2.05, 4.69) is 136 Å². The van der Waals surface area contributed by atoms with Crippen molar-refractivity contribution in [1.29, 1.82) is 5.26 Å². The lowest BCUT2D eigenvalue weighted by atomic mass is 9.66. The second kappa shape index (κ2) is 10.3. The molecule has 2 aromatic carbocycles. The number of nitriles is 1. The fraction of sp³-hybridized carbons (Fsp3) is 0.357. The zero-order valence-corrected chi connectivity index (χ0v) is 27.9. The van der Waals surface area contributed by atoms with Gasteiger partial charge in [0, 0.05) is 37.2 Å². The first kappa shape index (κ1) is 28.6. The van der Waals surface area contributed by atoms with Crippen molar-refractivity contribution < 1.29 is 0 Å².